The molecule has 1 aromatic carbocycles. The molecule has 0 saturated carbocycles. The van der Waals surface area contributed by atoms with Gasteiger partial charge in [0.25, 0.3) is 0 Å². The van der Waals surface area contributed by atoms with Gasteiger partial charge in [-0.15, -0.1) is 0 Å². The lowest BCUT2D eigenvalue weighted by atomic mass is 10.2. The van der Waals surface area contributed by atoms with Crippen LogP contribution in [0.3, 0.4) is 0 Å². The third-order valence-electron chi connectivity index (χ3n) is 2.96. The van der Waals surface area contributed by atoms with E-state index in [2.05, 4.69) is 10.3 Å². The molecule has 108 valence electrons. The van der Waals surface area contributed by atoms with Crippen molar-refractivity contribution in [1.29, 1.82) is 0 Å². The second-order valence-corrected chi connectivity index (χ2v) is 7.05. The number of nitrogens with one attached hydrogen (secondary N) is 2. The summed E-state index contributed by atoms with van der Waals surface area (Å²) < 4.78 is 22.1. The maximum absolute atomic E-state index is 11.9. The number of anilines is 1. The molecule has 1 atom stereocenters. The van der Waals surface area contributed by atoms with Crippen molar-refractivity contribution in [3.8, 4) is 0 Å². The molecule has 0 aliphatic carbocycles. The van der Waals surface area contributed by atoms with Crippen molar-refractivity contribution in [2.45, 2.75) is 12.5 Å². The van der Waals surface area contributed by atoms with E-state index in [1.54, 1.807) is 6.07 Å². The van der Waals surface area contributed by atoms with Crippen molar-refractivity contribution in [3.63, 3.8) is 0 Å². The minimum atomic E-state index is -3.11. The predicted molar refractivity (Wildman–Crippen MR) is 79.2 cm³/mol. The molecule has 0 bridgehead atoms. The Hall–Kier alpha value is -1.86. The number of rotatable bonds is 5. The molecule has 0 aliphatic rings. The number of aromatic nitrogens is 1. The van der Waals surface area contributed by atoms with Crippen molar-refractivity contribution in [2.24, 2.45) is 5.73 Å². The second kappa shape index (κ2) is 5.64. The number of hydrogen-bond donors (Lipinski definition) is 3. The van der Waals surface area contributed by atoms with Gasteiger partial charge in [-0.2, -0.15) is 0 Å². The average molecular weight is 295 g/mol. The van der Waals surface area contributed by atoms with E-state index in [1.807, 2.05) is 24.4 Å². The first kappa shape index (κ1) is 14.5. The van der Waals surface area contributed by atoms with Crippen LogP contribution in [0.2, 0.25) is 0 Å². The van der Waals surface area contributed by atoms with Crippen molar-refractivity contribution in [2.75, 3.05) is 17.3 Å². The number of benzene rings is 1. The number of nitrogens with two attached hydrogens (primary N) is 1. The molecule has 0 fully saturated rings. The van der Waals surface area contributed by atoms with E-state index < -0.39 is 15.9 Å². The SMILES string of the molecule is CS(=O)(=O)CCC(N)C(=O)Nc1ccc2[nH]ccc2c1. The van der Waals surface area contributed by atoms with Gasteiger partial charge in [-0.25, -0.2) is 8.42 Å². The maximum atomic E-state index is 11.9. The van der Waals surface area contributed by atoms with Crippen LogP contribution in [0.1, 0.15) is 6.42 Å². The zero-order valence-corrected chi connectivity index (χ0v) is 11.9. The molecule has 4 N–H and O–H groups in total. The molecule has 1 amide bonds. The van der Waals surface area contributed by atoms with E-state index in [0.29, 0.717) is 5.69 Å². The van der Waals surface area contributed by atoms with Gasteiger partial charge in [0, 0.05) is 29.0 Å². The average Bonchev–Trinajstić information content (AvgIpc) is 2.82. The topological polar surface area (TPSA) is 105 Å². The van der Waals surface area contributed by atoms with Gasteiger partial charge in [-0.1, -0.05) is 0 Å². The standard InChI is InChI=1S/C13H17N3O3S/c1-20(18,19)7-5-11(14)13(17)16-10-2-3-12-9(8-10)4-6-15-12/h2-4,6,8,11,15H,5,7,14H2,1H3,(H,16,17). The van der Waals surface area contributed by atoms with E-state index in [0.717, 1.165) is 17.2 Å². The molecule has 1 unspecified atom stereocenters. The molecular formula is C13H17N3O3S. The highest BCUT2D eigenvalue weighted by atomic mass is 32.2. The number of carbonyl (C=O) groups is 1. The molecule has 20 heavy (non-hydrogen) atoms. The number of carbonyl (C=O) groups excluding carboxylic acids is 1. The first-order valence-electron chi connectivity index (χ1n) is 6.16. The van der Waals surface area contributed by atoms with Crippen molar-refractivity contribution in [1.82, 2.24) is 4.98 Å². The molecule has 0 aliphatic heterocycles. The summed E-state index contributed by atoms with van der Waals surface area (Å²) in [6.45, 7) is 0. The molecule has 6 nitrogen and oxygen atoms in total. The zero-order chi connectivity index (χ0) is 14.8. The maximum Gasteiger partial charge on any atom is 0.241 e. The fourth-order valence-electron chi connectivity index (χ4n) is 1.84. The van der Waals surface area contributed by atoms with Gasteiger partial charge in [0.05, 0.1) is 11.8 Å². The molecule has 7 heteroatoms. The second-order valence-electron chi connectivity index (χ2n) is 4.79. The van der Waals surface area contributed by atoms with Crippen LogP contribution in [0.25, 0.3) is 10.9 Å². The summed E-state index contributed by atoms with van der Waals surface area (Å²) >= 11 is 0. The Balaban J connectivity index is 1.99. The van der Waals surface area contributed by atoms with Gasteiger partial charge < -0.3 is 16.0 Å². The predicted octanol–water partition coefficient (Wildman–Crippen LogP) is 0.868. The van der Waals surface area contributed by atoms with Gasteiger partial charge in [0.15, 0.2) is 0 Å². The van der Waals surface area contributed by atoms with Crippen LogP contribution in [0.15, 0.2) is 30.5 Å². The van der Waals surface area contributed by atoms with E-state index in [1.165, 1.54) is 0 Å². The van der Waals surface area contributed by atoms with Crippen LogP contribution in [-0.2, 0) is 14.6 Å². The first-order chi connectivity index (χ1) is 9.35. The summed E-state index contributed by atoms with van der Waals surface area (Å²) in [5.41, 5.74) is 7.29. The van der Waals surface area contributed by atoms with Crippen LogP contribution < -0.4 is 11.1 Å². The lowest BCUT2D eigenvalue weighted by molar-refractivity contribution is -0.117. The molecule has 2 rings (SSSR count). The number of fused-ring (bicyclic) bond motifs is 1. The van der Waals surface area contributed by atoms with Gasteiger partial charge in [0.1, 0.15) is 9.84 Å². The summed E-state index contributed by atoms with van der Waals surface area (Å²) in [5, 5.41) is 3.67. The Kier molecular flexibility index (Phi) is 4.10. The Morgan fingerprint density at radius 2 is 2.15 bits per heavy atom. The molecule has 0 spiro atoms. The van der Waals surface area contributed by atoms with Gasteiger partial charge in [-0.05, 0) is 30.7 Å². The number of H-pyrrole nitrogens is 1. The fraction of sp³-hybridized carbons (Fsp3) is 0.308. The Bertz CT molecular complexity index is 721. The van der Waals surface area contributed by atoms with E-state index in [9.17, 15) is 13.2 Å². The van der Waals surface area contributed by atoms with E-state index in [-0.39, 0.29) is 18.1 Å². The summed E-state index contributed by atoms with van der Waals surface area (Å²) in [5.74, 6) is -0.484. The fourth-order valence-corrected chi connectivity index (χ4v) is 2.52. The van der Waals surface area contributed by atoms with Crippen LogP contribution in [0.5, 0.6) is 0 Å². The van der Waals surface area contributed by atoms with Gasteiger partial charge in [-0.3, -0.25) is 4.79 Å². The van der Waals surface area contributed by atoms with Crippen molar-refractivity contribution in [3.05, 3.63) is 30.5 Å². The lowest BCUT2D eigenvalue weighted by Gasteiger charge is -2.11. The third-order valence-corrected chi connectivity index (χ3v) is 3.93. The highest BCUT2D eigenvalue weighted by Crippen LogP contribution is 2.17. The zero-order valence-electron chi connectivity index (χ0n) is 11.1. The summed E-state index contributed by atoms with van der Waals surface area (Å²) in [6, 6.07) is 6.50. The minimum absolute atomic E-state index is 0.0988. The highest BCUT2D eigenvalue weighted by molar-refractivity contribution is 7.90. The summed E-state index contributed by atoms with van der Waals surface area (Å²) in [7, 11) is -3.11. The van der Waals surface area contributed by atoms with Crippen LogP contribution >= 0.6 is 0 Å². The molecule has 2 aromatic rings. The quantitative estimate of drug-likeness (QED) is 0.761. The molecule has 0 saturated heterocycles. The smallest absolute Gasteiger partial charge is 0.241 e. The van der Waals surface area contributed by atoms with E-state index >= 15 is 0 Å². The monoisotopic (exact) mass is 295 g/mol. The van der Waals surface area contributed by atoms with Crippen LogP contribution in [-0.4, -0.2) is 37.4 Å². The number of sulfone groups is 1. The summed E-state index contributed by atoms with van der Waals surface area (Å²) in [4.78, 5) is 14.9. The van der Waals surface area contributed by atoms with E-state index in [4.69, 9.17) is 5.73 Å². The Morgan fingerprint density at radius 1 is 1.40 bits per heavy atom. The number of aromatic amines is 1. The van der Waals surface area contributed by atoms with Gasteiger partial charge in [0.2, 0.25) is 5.91 Å². The largest absolute Gasteiger partial charge is 0.361 e. The Morgan fingerprint density at radius 3 is 2.85 bits per heavy atom. The number of amides is 1. The molecule has 1 heterocycles. The third kappa shape index (κ3) is 3.82. The molecule has 0 radical (unpaired) electrons. The normalized spacial score (nSPS) is 13.3. The van der Waals surface area contributed by atoms with Crippen LogP contribution in [0.4, 0.5) is 5.69 Å². The summed E-state index contributed by atoms with van der Waals surface area (Å²) in [6.07, 6.45) is 3.04. The van der Waals surface area contributed by atoms with Crippen molar-refractivity contribution >= 4 is 32.3 Å². The van der Waals surface area contributed by atoms with Gasteiger partial charge >= 0.3 is 0 Å². The van der Waals surface area contributed by atoms with Crippen LogP contribution in [0, 0.1) is 0 Å². The lowest BCUT2D eigenvalue weighted by Crippen LogP contribution is -2.37. The number of hydrogen-bond acceptors (Lipinski definition) is 4. The van der Waals surface area contributed by atoms with Crippen molar-refractivity contribution < 1.29 is 13.2 Å². The first-order valence-corrected chi connectivity index (χ1v) is 8.22. The molecule has 1 aromatic heterocycles. The minimum Gasteiger partial charge on any atom is -0.361 e. The Labute approximate surface area is 117 Å². The molecular weight excluding hydrogens is 278 g/mol. The highest BCUT2D eigenvalue weighted by Gasteiger charge is 2.16.